The number of hydrogen-bond donors (Lipinski definition) is 2. The lowest BCUT2D eigenvalue weighted by Gasteiger charge is -2.25. The molecule has 1 aromatic carbocycles. The Morgan fingerprint density at radius 2 is 2.00 bits per heavy atom. The van der Waals surface area contributed by atoms with Crippen molar-refractivity contribution in [2.45, 2.75) is 32.1 Å². The number of anilines is 1. The van der Waals surface area contributed by atoms with Gasteiger partial charge in [-0.15, -0.1) is 0 Å². The largest absolute Gasteiger partial charge is 0.493 e. The summed E-state index contributed by atoms with van der Waals surface area (Å²) in [7, 11) is 0. The monoisotopic (exact) mass is 453 g/mol. The van der Waals surface area contributed by atoms with Crippen LogP contribution in [0.2, 0.25) is 0 Å². The summed E-state index contributed by atoms with van der Waals surface area (Å²) >= 11 is 0. The molecular formula is C26H23N5O3. The van der Waals surface area contributed by atoms with Crippen LogP contribution in [-0.4, -0.2) is 32.4 Å². The number of nitrogens with zero attached hydrogens (tertiary/aromatic N) is 3. The second-order valence-corrected chi connectivity index (χ2v) is 8.64. The minimum Gasteiger partial charge on any atom is -0.493 e. The van der Waals surface area contributed by atoms with Crippen molar-refractivity contribution in [3.8, 4) is 28.5 Å². The maximum atomic E-state index is 11.7. The number of carbonyl (C=O) groups is 1. The van der Waals surface area contributed by atoms with Crippen molar-refractivity contribution in [3.63, 3.8) is 0 Å². The zero-order valence-electron chi connectivity index (χ0n) is 18.7. The SMILES string of the molecule is Cc1ccc(-c2cnc(C3COc4ccc(Oc5ccnc6c5CCC(=O)N6)cc4C3)[nH]2)cn1. The molecule has 2 N–H and O–H groups in total. The van der Waals surface area contributed by atoms with Crippen molar-refractivity contribution in [1.82, 2.24) is 19.9 Å². The smallest absolute Gasteiger partial charge is 0.225 e. The van der Waals surface area contributed by atoms with Crippen LogP contribution in [0.4, 0.5) is 5.82 Å². The highest BCUT2D eigenvalue weighted by atomic mass is 16.5. The molecule has 170 valence electrons. The zero-order valence-corrected chi connectivity index (χ0v) is 18.7. The van der Waals surface area contributed by atoms with Crippen LogP contribution in [0.25, 0.3) is 11.3 Å². The summed E-state index contributed by atoms with van der Waals surface area (Å²) in [4.78, 5) is 28.4. The van der Waals surface area contributed by atoms with Gasteiger partial charge in [0.05, 0.1) is 24.4 Å². The Labute approximate surface area is 196 Å². The number of aryl methyl sites for hydroxylation is 1. The predicted octanol–water partition coefficient (Wildman–Crippen LogP) is 4.57. The highest BCUT2D eigenvalue weighted by Crippen LogP contribution is 2.37. The molecule has 2 aliphatic heterocycles. The third-order valence-electron chi connectivity index (χ3n) is 6.24. The highest BCUT2D eigenvalue weighted by Gasteiger charge is 2.25. The molecule has 2 aliphatic rings. The average molecular weight is 454 g/mol. The van der Waals surface area contributed by atoms with Crippen LogP contribution in [0.3, 0.4) is 0 Å². The van der Waals surface area contributed by atoms with Crippen LogP contribution in [0.15, 0.2) is 55.0 Å². The third-order valence-corrected chi connectivity index (χ3v) is 6.24. The van der Waals surface area contributed by atoms with Crippen molar-refractivity contribution in [1.29, 1.82) is 0 Å². The molecule has 0 saturated heterocycles. The van der Waals surface area contributed by atoms with E-state index in [0.29, 0.717) is 31.0 Å². The zero-order chi connectivity index (χ0) is 23.1. The topological polar surface area (TPSA) is 102 Å². The van der Waals surface area contributed by atoms with Gasteiger partial charge in [-0.25, -0.2) is 9.97 Å². The summed E-state index contributed by atoms with van der Waals surface area (Å²) < 4.78 is 12.3. The number of amides is 1. The molecule has 1 unspecified atom stereocenters. The number of ether oxygens (including phenoxy) is 2. The van der Waals surface area contributed by atoms with Crippen LogP contribution >= 0.6 is 0 Å². The van der Waals surface area contributed by atoms with Crippen LogP contribution in [0.5, 0.6) is 17.2 Å². The third kappa shape index (κ3) is 3.87. The Bertz CT molecular complexity index is 1380. The number of aromatic nitrogens is 4. The Kier molecular flexibility index (Phi) is 4.98. The molecule has 8 nitrogen and oxygen atoms in total. The summed E-state index contributed by atoms with van der Waals surface area (Å²) in [6, 6.07) is 11.7. The molecular weight excluding hydrogens is 430 g/mol. The fourth-order valence-electron chi connectivity index (χ4n) is 4.41. The van der Waals surface area contributed by atoms with E-state index in [4.69, 9.17) is 9.47 Å². The van der Waals surface area contributed by atoms with Gasteiger partial charge in [0.2, 0.25) is 5.91 Å². The van der Waals surface area contributed by atoms with Gasteiger partial charge in [-0.05, 0) is 61.7 Å². The maximum absolute atomic E-state index is 11.7. The molecule has 4 aromatic rings. The van der Waals surface area contributed by atoms with Gasteiger partial charge in [-0.2, -0.15) is 0 Å². The fraction of sp³-hybridized carbons (Fsp3) is 0.231. The summed E-state index contributed by atoms with van der Waals surface area (Å²) in [5.74, 6) is 3.86. The van der Waals surface area contributed by atoms with Crippen molar-refractivity contribution in [2.75, 3.05) is 11.9 Å². The summed E-state index contributed by atoms with van der Waals surface area (Å²) in [6.45, 7) is 2.53. The average Bonchev–Trinajstić information content (AvgIpc) is 3.34. The van der Waals surface area contributed by atoms with Gasteiger partial charge in [0.1, 0.15) is 28.9 Å². The lowest BCUT2D eigenvalue weighted by molar-refractivity contribution is -0.116. The molecule has 8 heteroatoms. The van der Waals surface area contributed by atoms with E-state index in [1.54, 1.807) is 6.20 Å². The number of H-pyrrole nitrogens is 1. The van der Waals surface area contributed by atoms with Gasteiger partial charge >= 0.3 is 0 Å². The fourth-order valence-corrected chi connectivity index (χ4v) is 4.41. The van der Waals surface area contributed by atoms with Gasteiger partial charge in [-0.3, -0.25) is 9.78 Å². The number of carbonyl (C=O) groups excluding carboxylic acids is 1. The number of imidazole rings is 1. The Morgan fingerprint density at radius 3 is 2.88 bits per heavy atom. The standard InChI is InChI=1S/C26H23N5O3/c1-15-2-3-16(12-28-15)21-13-29-25(30-21)18-10-17-11-19(4-6-22(17)33-14-18)34-23-8-9-27-26-20(23)5-7-24(32)31-26/h2-4,6,8-9,11-13,18H,5,7,10,14H2,1H3,(H,29,30)(H,27,31,32). The van der Waals surface area contributed by atoms with Gasteiger partial charge < -0.3 is 19.8 Å². The van der Waals surface area contributed by atoms with Crippen molar-refractivity contribution in [3.05, 3.63) is 77.6 Å². The number of fused-ring (bicyclic) bond motifs is 2. The number of nitrogens with one attached hydrogen (secondary N) is 2. The maximum Gasteiger partial charge on any atom is 0.225 e. The van der Waals surface area contributed by atoms with Crippen LogP contribution in [0, 0.1) is 6.92 Å². The van der Waals surface area contributed by atoms with Gasteiger partial charge in [0.15, 0.2) is 0 Å². The Hall–Kier alpha value is -4.20. The minimum absolute atomic E-state index is 0.0196. The number of benzene rings is 1. The Morgan fingerprint density at radius 1 is 1.06 bits per heavy atom. The molecule has 6 rings (SSSR count). The van der Waals surface area contributed by atoms with E-state index in [2.05, 4.69) is 25.3 Å². The second kappa shape index (κ2) is 8.30. The lowest BCUT2D eigenvalue weighted by atomic mass is 9.96. The molecule has 0 bridgehead atoms. The number of pyridine rings is 2. The van der Waals surface area contributed by atoms with Crippen molar-refractivity contribution in [2.24, 2.45) is 0 Å². The molecule has 1 atom stereocenters. The highest BCUT2D eigenvalue weighted by molar-refractivity contribution is 5.93. The van der Waals surface area contributed by atoms with E-state index in [1.807, 2.05) is 55.7 Å². The first-order valence-corrected chi connectivity index (χ1v) is 11.3. The van der Waals surface area contributed by atoms with E-state index in [9.17, 15) is 4.79 Å². The first kappa shape index (κ1) is 20.4. The van der Waals surface area contributed by atoms with E-state index in [-0.39, 0.29) is 11.8 Å². The number of aromatic amines is 1. The molecule has 0 spiro atoms. The molecule has 0 saturated carbocycles. The lowest BCUT2D eigenvalue weighted by Crippen LogP contribution is -2.20. The quantitative estimate of drug-likeness (QED) is 0.469. The normalized spacial score (nSPS) is 16.7. The first-order chi connectivity index (χ1) is 16.6. The number of hydrogen-bond acceptors (Lipinski definition) is 6. The Balaban J connectivity index is 1.22. The van der Waals surface area contributed by atoms with Gasteiger partial charge in [0, 0.05) is 35.6 Å². The minimum atomic E-state index is -0.0196. The summed E-state index contributed by atoms with van der Waals surface area (Å²) in [6.07, 6.45) is 7.18. The second-order valence-electron chi connectivity index (χ2n) is 8.64. The van der Waals surface area contributed by atoms with E-state index in [1.165, 1.54) is 0 Å². The first-order valence-electron chi connectivity index (χ1n) is 11.3. The van der Waals surface area contributed by atoms with E-state index in [0.717, 1.165) is 51.8 Å². The number of rotatable bonds is 4. The molecule has 0 aliphatic carbocycles. The van der Waals surface area contributed by atoms with Crippen LogP contribution in [0.1, 0.15) is 35.0 Å². The van der Waals surface area contributed by atoms with E-state index < -0.39 is 0 Å². The molecule has 5 heterocycles. The van der Waals surface area contributed by atoms with Gasteiger partial charge in [0.25, 0.3) is 0 Å². The van der Waals surface area contributed by atoms with Crippen LogP contribution < -0.4 is 14.8 Å². The predicted molar refractivity (Wildman–Crippen MR) is 126 cm³/mol. The van der Waals surface area contributed by atoms with Crippen molar-refractivity contribution >= 4 is 11.7 Å². The van der Waals surface area contributed by atoms with Gasteiger partial charge in [-0.1, -0.05) is 0 Å². The van der Waals surface area contributed by atoms with Crippen LogP contribution in [-0.2, 0) is 17.6 Å². The van der Waals surface area contributed by atoms with E-state index >= 15 is 0 Å². The molecule has 0 radical (unpaired) electrons. The molecule has 3 aromatic heterocycles. The molecule has 34 heavy (non-hydrogen) atoms. The van der Waals surface area contributed by atoms with Crippen molar-refractivity contribution < 1.29 is 14.3 Å². The summed E-state index contributed by atoms with van der Waals surface area (Å²) in [5.41, 5.74) is 4.92. The summed E-state index contributed by atoms with van der Waals surface area (Å²) in [5, 5.41) is 2.81. The molecule has 1 amide bonds. The molecule has 0 fully saturated rings.